The number of likely N-dealkylation sites (tertiary alicyclic amines) is 1. The molecule has 1 saturated heterocycles. The Labute approximate surface area is 247 Å². The molecule has 3 aromatic rings. The fourth-order valence-electron chi connectivity index (χ4n) is 7.80. The summed E-state index contributed by atoms with van der Waals surface area (Å²) in [5.41, 5.74) is 1.80. The second-order valence-corrected chi connectivity index (χ2v) is 14.0. The molecule has 5 fully saturated rings. The number of benzene rings is 1. The van der Waals surface area contributed by atoms with Gasteiger partial charge in [-0.3, -0.25) is 4.90 Å². The summed E-state index contributed by atoms with van der Waals surface area (Å²) in [5.74, 6) is 5.73. The number of piperidine rings is 1. The van der Waals surface area contributed by atoms with E-state index in [2.05, 4.69) is 44.2 Å². The predicted molar refractivity (Wildman–Crippen MR) is 157 cm³/mol. The largest absolute Gasteiger partial charge is 0.339 e. The maximum absolute atomic E-state index is 14.2. The molecule has 4 saturated carbocycles. The van der Waals surface area contributed by atoms with Gasteiger partial charge in [0.25, 0.3) is 5.89 Å². The van der Waals surface area contributed by atoms with Crippen molar-refractivity contribution in [3.05, 3.63) is 41.8 Å². The summed E-state index contributed by atoms with van der Waals surface area (Å²) < 4.78 is 11.6. The zero-order valence-electron chi connectivity index (χ0n) is 24.7. The Kier molecular flexibility index (Phi) is 6.59. The Hall–Kier alpha value is -3.23. The normalized spacial score (nSPS) is 28.2. The molecule has 1 aromatic carbocycles. The molecule has 0 N–H and O–H groups in total. The standard InChI is InChI=1S/C33H42N6O3/c1-21-12-16-38(17-13-21)32(40)39(27-6-2-4-24(18-27)30-34-28(36-41-30)22-7-8-22)20-26-11-15-33(14-3-5-25(26)19-33)31-35-29(37-42-31)23-9-10-23/h2,4,6,18,21-23,25-26H,3,5,7-17,19-20H2,1H3. The van der Waals surface area contributed by atoms with Crippen LogP contribution in [0.1, 0.15) is 113 Å². The highest BCUT2D eigenvalue weighted by molar-refractivity contribution is 5.92. The first-order valence-electron chi connectivity index (χ1n) is 16.4. The first-order valence-corrected chi connectivity index (χ1v) is 16.4. The molecule has 0 radical (unpaired) electrons. The molecule has 3 unspecified atom stereocenters. The lowest BCUT2D eigenvalue weighted by Crippen LogP contribution is -2.50. The van der Waals surface area contributed by atoms with Crippen LogP contribution in [0.15, 0.2) is 33.3 Å². The lowest BCUT2D eigenvalue weighted by molar-refractivity contribution is 0.0704. The van der Waals surface area contributed by atoms with Gasteiger partial charge < -0.3 is 13.9 Å². The van der Waals surface area contributed by atoms with Crippen LogP contribution in [0.5, 0.6) is 0 Å². The number of anilines is 1. The number of rotatable bonds is 7. The number of nitrogens with zero attached hydrogens (tertiary/aromatic N) is 6. The second kappa shape index (κ2) is 10.5. The summed E-state index contributed by atoms with van der Waals surface area (Å²) in [6, 6.07) is 8.29. The highest BCUT2D eigenvalue weighted by Gasteiger charge is 2.49. The van der Waals surface area contributed by atoms with Gasteiger partial charge in [-0.2, -0.15) is 9.97 Å². The van der Waals surface area contributed by atoms with Crippen LogP contribution in [-0.4, -0.2) is 50.8 Å². The van der Waals surface area contributed by atoms with Crippen LogP contribution in [-0.2, 0) is 5.41 Å². The van der Waals surface area contributed by atoms with Crippen LogP contribution >= 0.6 is 0 Å². The van der Waals surface area contributed by atoms with Crippen LogP contribution in [0.3, 0.4) is 0 Å². The van der Waals surface area contributed by atoms with E-state index in [-0.39, 0.29) is 11.4 Å². The van der Waals surface area contributed by atoms with Crippen molar-refractivity contribution in [3.8, 4) is 11.5 Å². The SMILES string of the molecule is CC1CCN(C(=O)N(CC2CCC3(c4nc(C5CC5)no4)CCCC2C3)c2cccc(-c3nc(C4CC4)no3)c2)CC1. The second-order valence-electron chi connectivity index (χ2n) is 14.0. The van der Waals surface area contributed by atoms with E-state index < -0.39 is 0 Å². The van der Waals surface area contributed by atoms with Crippen molar-refractivity contribution in [2.45, 2.75) is 101 Å². The Morgan fingerprint density at radius 2 is 1.71 bits per heavy atom. The van der Waals surface area contributed by atoms with E-state index in [9.17, 15) is 4.79 Å². The van der Waals surface area contributed by atoms with Crippen molar-refractivity contribution < 1.29 is 13.8 Å². The summed E-state index contributed by atoms with van der Waals surface area (Å²) >= 11 is 0. The van der Waals surface area contributed by atoms with Crippen molar-refractivity contribution in [2.75, 3.05) is 24.5 Å². The van der Waals surface area contributed by atoms with E-state index >= 15 is 0 Å². The van der Waals surface area contributed by atoms with E-state index in [0.29, 0.717) is 35.5 Å². The number of fused-ring (bicyclic) bond motifs is 2. The van der Waals surface area contributed by atoms with Gasteiger partial charge in [0.05, 0.1) is 0 Å². The number of urea groups is 1. The smallest absolute Gasteiger partial charge is 0.324 e. The molecule has 3 heterocycles. The van der Waals surface area contributed by atoms with Gasteiger partial charge in [-0.05, 0) is 100 Å². The van der Waals surface area contributed by atoms with Crippen molar-refractivity contribution in [2.24, 2.45) is 17.8 Å². The Balaban J connectivity index is 1.05. The molecule has 0 spiro atoms. The molecule has 9 nitrogen and oxygen atoms in total. The maximum Gasteiger partial charge on any atom is 0.324 e. The molecule has 5 aliphatic rings. The number of carbonyl (C=O) groups excluding carboxylic acids is 1. The summed E-state index contributed by atoms with van der Waals surface area (Å²) in [7, 11) is 0. The molecular formula is C33H42N6O3. The zero-order valence-corrected chi connectivity index (χ0v) is 24.7. The van der Waals surface area contributed by atoms with Crippen LogP contribution in [0, 0.1) is 17.8 Å². The van der Waals surface area contributed by atoms with E-state index in [1.807, 2.05) is 12.1 Å². The predicted octanol–water partition coefficient (Wildman–Crippen LogP) is 7.07. The number of carbonyl (C=O) groups is 1. The van der Waals surface area contributed by atoms with Crippen LogP contribution in [0.2, 0.25) is 0 Å². The first-order chi connectivity index (χ1) is 20.5. The van der Waals surface area contributed by atoms with Crippen molar-refractivity contribution >= 4 is 11.7 Å². The summed E-state index contributed by atoms with van der Waals surface area (Å²) in [6.45, 7) is 4.66. The Morgan fingerprint density at radius 1 is 0.952 bits per heavy atom. The van der Waals surface area contributed by atoms with Gasteiger partial charge in [-0.1, -0.05) is 36.1 Å². The molecule has 42 heavy (non-hydrogen) atoms. The van der Waals surface area contributed by atoms with Crippen LogP contribution in [0.25, 0.3) is 11.5 Å². The molecular weight excluding hydrogens is 528 g/mol. The highest BCUT2D eigenvalue weighted by atomic mass is 16.5. The monoisotopic (exact) mass is 570 g/mol. The first kappa shape index (κ1) is 26.4. The molecule has 2 aromatic heterocycles. The average Bonchev–Trinajstić information content (AvgIpc) is 3.95. The van der Waals surface area contributed by atoms with E-state index in [4.69, 9.17) is 14.0 Å². The third-order valence-electron chi connectivity index (χ3n) is 10.9. The third-order valence-corrected chi connectivity index (χ3v) is 10.9. The van der Waals surface area contributed by atoms with E-state index in [0.717, 1.165) is 99.8 Å². The fourth-order valence-corrected chi connectivity index (χ4v) is 7.80. The van der Waals surface area contributed by atoms with Gasteiger partial charge in [0, 0.05) is 48.1 Å². The summed E-state index contributed by atoms with van der Waals surface area (Å²) in [4.78, 5) is 28.0. The number of hydrogen-bond acceptors (Lipinski definition) is 7. The number of aromatic nitrogens is 4. The number of hydrogen-bond donors (Lipinski definition) is 0. The van der Waals surface area contributed by atoms with Crippen molar-refractivity contribution in [3.63, 3.8) is 0 Å². The van der Waals surface area contributed by atoms with E-state index in [1.165, 1.54) is 25.7 Å². The van der Waals surface area contributed by atoms with Gasteiger partial charge in [-0.25, -0.2) is 4.79 Å². The molecule has 2 bridgehead atoms. The molecule has 3 atom stereocenters. The fraction of sp³-hybridized carbons (Fsp3) is 0.667. The van der Waals surface area contributed by atoms with Crippen molar-refractivity contribution in [1.29, 1.82) is 0 Å². The Bertz CT molecular complexity index is 1430. The zero-order chi connectivity index (χ0) is 28.3. The van der Waals surface area contributed by atoms with Gasteiger partial charge in [0.2, 0.25) is 5.89 Å². The van der Waals surface area contributed by atoms with Gasteiger partial charge >= 0.3 is 6.03 Å². The third kappa shape index (κ3) is 5.02. The summed E-state index contributed by atoms with van der Waals surface area (Å²) in [5, 5.41) is 8.60. The quantitative estimate of drug-likeness (QED) is 0.299. The van der Waals surface area contributed by atoms with Crippen LogP contribution < -0.4 is 4.90 Å². The van der Waals surface area contributed by atoms with E-state index in [1.54, 1.807) is 0 Å². The minimum Gasteiger partial charge on any atom is -0.339 e. The van der Waals surface area contributed by atoms with Gasteiger partial charge in [0.15, 0.2) is 11.6 Å². The lowest BCUT2D eigenvalue weighted by Gasteiger charge is -2.48. The van der Waals surface area contributed by atoms with Gasteiger partial charge in [0.1, 0.15) is 0 Å². The van der Waals surface area contributed by atoms with Gasteiger partial charge in [-0.15, -0.1) is 0 Å². The molecule has 8 rings (SSSR count). The number of amides is 2. The lowest BCUT2D eigenvalue weighted by atomic mass is 9.58. The van der Waals surface area contributed by atoms with Crippen LogP contribution in [0.4, 0.5) is 10.5 Å². The maximum atomic E-state index is 14.2. The summed E-state index contributed by atoms with van der Waals surface area (Å²) in [6.07, 6.45) is 13.5. The highest BCUT2D eigenvalue weighted by Crippen LogP contribution is 2.53. The molecule has 9 heteroatoms. The topological polar surface area (TPSA) is 101 Å². The average molecular weight is 571 g/mol. The molecule has 2 amide bonds. The minimum absolute atomic E-state index is 0.00847. The molecule has 1 aliphatic heterocycles. The molecule has 222 valence electrons. The minimum atomic E-state index is 0.00847. The Morgan fingerprint density at radius 3 is 2.50 bits per heavy atom. The van der Waals surface area contributed by atoms with Crippen molar-refractivity contribution in [1.82, 2.24) is 25.2 Å². The molecule has 4 aliphatic carbocycles.